The quantitative estimate of drug-likeness (QED) is 0.643. The predicted octanol–water partition coefficient (Wildman–Crippen LogP) is 4.68. The van der Waals surface area contributed by atoms with Gasteiger partial charge in [-0.2, -0.15) is 0 Å². The van der Waals surface area contributed by atoms with E-state index in [-0.39, 0.29) is 11.3 Å². The second-order valence-electron chi connectivity index (χ2n) is 8.40. The van der Waals surface area contributed by atoms with Gasteiger partial charge in [0.25, 0.3) is 11.6 Å². The summed E-state index contributed by atoms with van der Waals surface area (Å²) in [4.78, 5) is 18.9. The topological polar surface area (TPSA) is 59.2 Å². The number of aromatic nitrogens is 2. The first kappa shape index (κ1) is 18.5. The van der Waals surface area contributed by atoms with E-state index in [4.69, 9.17) is 4.52 Å². The Labute approximate surface area is 161 Å². The zero-order valence-corrected chi connectivity index (χ0v) is 16.1. The Morgan fingerprint density at radius 1 is 1.21 bits per heavy atom. The molecule has 5 nitrogen and oxygen atoms in total. The van der Waals surface area contributed by atoms with E-state index < -0.39 is 11.6 Å². The summed E-state index contributed by atoms with van der Waals surface area (Å²) in [5, 5.41) is 4.79. The van der Waals surface area contributed by atoms with Crippen molar-refractivity contribution in [2.24, 2.45) is 5.41 Å². The van der Waals surface area contributed by atoms with Crippen LogP contribution in [0.4, 0.5) is 14.5 Å². The number of nitrogens with zero attached hydrogens (tertiary/aromatic N) is 3. The van der Waals surface area contributed by atoms with Gasteiger partial charge < -0.3 is 9.42 Å². The summed E-state index contributed by atoms with van der Waals surface area (Å²) in [7, 11) is 0. The summed E-state index contributed by atoms with van der Waals surface area (Å²) in [6.45, 7) is 6.71. The molecule has 0 saturated carbocycles. The number of fused-ring (bicyclic) bond motifs is 2. The molecule has 1 amide bonds. The van der Waals surface area contributed by atoms with Crippen molar-refractivity contribution in [2.45, 2.75) is 40.0 Å². The first-order valence-corrected chi connectivity index (χ1v) is 9.27. The van der Waals surface area contributed by atoms with Crippen molar-refractivity contribution >= 4 is 22.7 Å². The van der Waals surface area contributed by atoms with Crippen molar-refractivity contribution in [2.75, 3.05) is 11.4 Å². The van der Waals surface area contributed by atoms with Gasteiger partial charge in [0.15, 0.2) is 11.6 Å². The van der Waals surface area contributed by atoms with Crippen LogP contribution in [0.5, 0.6) is 0 Å². The number of hydrogen-bond donors (Lipinski definition) is 0. The molecule has 3 aromatic rings. The number of aryl methyl sites for hydroxylation is 1. The summed E-state index contributed by atoms with van der Waals surface area (Å²) in [5.41, 5.74) is 2.53. The van der Waals surface area contributed by atoms with Gasteiger partial charge in [-0.1, -0.05) is 25.9 Å². The molecule has 0 unspecified atom stereocenters. The van der Waals surface area contributed by atoms with Crippen molar-refractivity contribution < 1.29 is 18.1 Å². The Bertz CT molecular complexity index is 1070. The van der Waals surface area contributed by atoms with Gasteiger partial charge in [0, 0.05) is 18.8 Å². The molecule has 0 atom stereocenters. The van der Waals surface area contributed by atoms with Crippen LogP contribution in [0.15, 0.2) is 28.9 Å². The molecule has 28 heavy (non-hydrogen) atoms. The van der Waals surface area contributed by atoms with Crippen molar-refractivity contribution in [3.05, 3.63) is 52.9 Å². The van der Waals surface area contributed by atoms with Gasteiger partial charge >= 0.3 is 0 Å². The van der Waals surface area contributed by atoms with E-state index in [2.05, 4.69) is 30.9 Å². The molecular formula is C21H21F2N3O2. The maximum absolute atomic E-state index is 13.8. The minimum absolute atomic E-state index is 0.00275. The minimum Gasteiger partial charge on any atom is -0.336 e. The van der Waals surface area contributed by atoms with Crippen LogP contribution >= 0.6 is 0 Å². The molecule has 0 fully saturated rings. The first-order valence-electron chi connectivity index (χ1n) is 9.27. The molecule has 0 radical (unpaired) electrons. The summed E-state index contributed by atoms with van der Waals surface area (Å²) >= 11 is 0. The van der Waals surface area contributed by atoms with Gasteiger partial charge in [-0.15, -0.1) is 0 Å². The average Bonchev–Trinajstić information content (AvgIpc) is 3.02. The highest BCUT2D eigenvalue weighted by Crippen LogP contribution is 2.31. The van der Waals surface area contributed by atoms with E-state index in [1.807, 2.05) is 0 Å². The molecule has 2 aromatic heterocycles. The molecule has 1 aliphatic rings. The number of carbonyl (C=O) groups excluding carboxylic acids is 1. The number of halogens is 2. The highest BCUT2D eigenvalue weighted by molar-refractivity contribution is 6.08. The van der Waals surface area contributed by atoms with Gasteiger partial charge in [0.05, 0.1) is 22.3 Å². The number of amides is 1. The van der Waals surface area contributed by atoms with Crippen LogP contribution in [-0.4, -0.2) is 22.6 Å². The predicted molar refractivity (Wildman–Crippen MR) is 101 cm³/mol. The van der Waals surface area contributed by atoms with Crippen molar-refractivity contribution in [1.29, 1.82) is 0 Å². The van der Waals surface area contributed by atoms with Crippen LogP contribution < -0.4 is 4.90 Å². The number of carbonyl (C=O) groups is 1. The minimum atomic E-state index is -0.960. The molecule has 3 heterocycles. The van der Waals surface area contributed by atoms with Crippen LogP contribution in [-0.2, 0) is 12.8 Å². The molecular weight excluding hydrogens is 364 g/mol. The molecule has 0 bridgehead atoms. The van der Waals surface area contributed by atoms with Gasteiger partial charge in [-0.05, 0) is 42.4 Å². The third-order valence-electron chi connectivity index (χ3n) is 4.83. The van der Waals surface area contributed by atoms with Crippen LogP contribution in [0.3, 0.4) is 0 Å². The Kier molecular flexibility index (Phi) is 4.40. The van der Waals surface area contributed by atoms with E-state index in [1.165, 1.54) is 17.2 Å². The van der Waals surface area contributed by atoms with E-state index in [9.17, 15) is 13.6 Å². The fourth-order valence-electron chi connectivity index (χ4n) is 3.57. The maximum atomic E-state index is 13.8. The van der Waals surface area contributed by atoms with Crippen LogP contribution in [0.25, 0.3) is 11.1 Å². The third kappa shape index (κ3) is 3.37. The smallest absolute Gasteiger partial charge is 0.259 e. The van der Waals surface area contributed by atoms with Crippen LogP contribution in [0, 0.1) is 17.0 Å². The lowest BCUT2D eigenvalue weighted by Crippen LogP contribution is -2.35. The van der Waals surface area contributed by atoms with Crippen molar-refractivity contribution in [3.63, 3.8) is 0 Å². The van der Waals surface area contributed by atoms with E-state index >= 15 is 0 Å². The Morgan fingerprint density at radius 2 is 1.96 bits per heavy atom. The van der Waals surface area contributed by atoms with Gasteiger partial charge in [0.1, 0.15) is 0 Å². The van der Waals surface area contributed by atoms with E-state index in [1.54, 1.807) is 6.07 Å². The molecule has 1 aromatic carbocycles. The maximum Gasteiger partial charge on any atom is 0.259 e. The zero-order valence-electron chi connectivity index (χ0n) is 16.1. The second-order valence-corrected chi connectivity index (χ2v) is 8.40. The highest BCUT2D eigenvalue weighted by atomic mass is 19.2. The molecule has 0 aliphatic carbocycles. The standard InChI is InChI=1S/C21H21F2N3O2/c1-21(2,3)10-17-14-7-13(11-24-19(14)28-25-17)20(27)26-6-4-5-12-8-15(22)16(23)9-18(12)26/h7-9,11H,4-6,10H2,1-3H3. The van der Waals surface area contributed by atoms with Gasteiger partial charge in [-0.25, -0.2) is 13.8 Å². The summed E-state index contributed by atoms with van der Waals surface area (Å²) < 4.78 is 32.6. The molecule has 0 N–H and O–H groups in total. The Morgan fingerprint density at radius 3 is 2.71 bits per heavy atom. The molecule has 1 aliphatic heterocycles. The monoisotopic (exact) mass is 385 g/mol. The number of hydrogen-bond acceptors (Lipinski definition) is 4. The number of rotatable bonds is 2. The fraction of sp³-hybridized carbons (Fsp3) is 0.381. The lowest BCUT2D eigenvalue weighted by atomic mass is 9.89. The number of pyridine rings is 1. The third-order valence-corrected chi connectivity index (χ3v) is 4.83. The van der Waals surface area contributed by atoms with Crippen LogP contribution in [0.1, 0.15) is 48.8 Å². The highest BCUT2D eigenvalue weighted by Gasteiger charge is 2.27. The zero-order chi connectivity index (χ0) is 20.1. The SMILES string of the molecule is CC(C)(C)Cc1noc2ncc(C(=O)N3CCCc4cc(F)c(F)cc43)cc12. The molecule has 7 heteroatoms. The lowest BCUT2D eigenvalue weighted by Gasteiger charge is -2.29. The Hall–Kier alpha value is -2.83. The van der Waals surface area contributed by atoms with Crippen molar-refractivity contribution in [1.82, 2.24) is 10.1 Å². The summed E-state index contributed by atoms with van der Waals surface area (Å²) in [5.74, 6) is -2.16. The van der Waals surface area contributed by atoms with E-state index in [0.717, 1.165) is 11.8 Å². The van der Waals surface area contributed by atoms with Gasteiger partial charge in [0.2, 0.25) is 0 Å². The van der Waals surface area contributed by atoms with Gasteiger partial charge in [-0.3, -0.25) is 4.79 Å². The largest absolute Gasteiger partial charge is 0.336 e. The lowest BCUT2D eigenvalue weighted by molar-refractivity contribution is 0.0985. The fourth-order valence-corrected chi connectivity index (χ4v) is 3.57. The number of anilines is 1. The normalized spacial score (nSPS) is 14.4. The molecule has 0 spiro atoms. The molecule has 146 valence electrons. The number of benzene rings is 1. The molecule has 4 rings (SSSR count). The van der Waals surface area contributed by atoms with Crippen molar-refractivity contribution in [3.8, 4) is 0 Å². The average molecular weight is 385 g/mol. The second kappa shape index (κ2) is 6.65. The summed E-state index contributed by atoms with van der Waals surface area (Å²) in [6.07, 6.45) is 3.40. The van der Waals surface area contributed by atoms with Crippen LogP contribution in [0.2, 0.25) is 0 Å². The first-order chi connectivity index (χ1) is 13.2. The summed E-state index contributed by atoms with van der Waals surface area (Å²) in [6, 6.07) is 3.99. The molecule has 0 saturated heterocycles. The van der Waals surface area contributed by atoms with E-state index in [0.29, 0.717) is 53.7 Å². The Balaban J connectivity index is 1.72.